The van der Waals surface area contributed by atoms with Crippen LogP contribution in [-0.4, -0.2) is 30.4 Å². The Bertz CT molecular complexity index is 187. The van der Waals surface area contributed by atoms with E-state index < -0.39 is 5.60 Å². The first-order valence-corrected chi connectivity index (χ1v) is 4.91. The quantitative estimate of drug-likeness (QED) is 0.687. The van der Waals surface area contributed by atoms with Gasteiger partial charge in [-0.2, -0.15) is 0 Å². The fourth-order valence-electron chi connectivity index (χ4n) is 1.44. The summed E-state index contributed by atoms with van der Waals surface area (Å²) < 4.78 is 5.20. The maximum absolute atomic E-state index is 10.1. The highest BCUT2D eigenvalue weighted by molar-refractivity contribution is 5.15. The maximum Gasteiger partial charge on any atom is 0.0984 e. The van der Waals surface area contributed by atoms with Crippen LogP contribution < -0.4 is 5.32 Å². The number of rotatable bonds is 4. The Balaban J connectivity index is 2.51. The van der Waals surface area contributed by atoms with Gasteiger partial charge in [0.25, 0.3) is 0 Å². The zero-order chi connectivity index (χ0) is 9.73. The standard InChI is InChI=1S/C10H19NO2/c1-3-11-8-10(2,12)9-5-4-6-13-7-9/h7,11-12H,3-6,8H2,1-2H3. The smallest absolute Gasteiger partial charge is 0.0984 e. The Morgan fingerprint density at radius 2 is 2.46 bits per heavy atom. The lowest BCUT2D eigenvalue weighted by Crippen LogP contribution is -2.40. The molecule has 0 saturated carbocycles. The lowest BCUT2D eigenvalue weighted by Gasteiger charge is -2.28. The van der Waals surface area contributed by atoms with Crippen molar-refractivity contribution in [3.8, 4) is 0 Å². The Labute approximate surface area is 79.8 Å². The molecule has 1 rings (SSSR count). The van der Waals surface area contributed by atoms with Gasteiger partial charge in [0.05, 0.1) is 18.5 Å². The van der Waals surface area contributed by atoms with Gasteiger partial charge in [0.1, 0.15) is 0 Å². The molecule has 0 aromatic rings. The summed E-state index contributed by atoms with van der Waals surface area (Å²) in [6.45, 7) is 6.11. The molecular formula is C10H19NO2. The molecule has 13 heavy (non-hydrogen) atoms. The number of likely N-dealkylation sites (N-methyl/N-ethyl adjacent to an activating group) is 1. The second-order valence-electron chi connectivity index (χ2n) is 3.67. The third-order valence-electron chi connectivity index (χ3n) is 2.34. The second kappa shape index (κ2) is 4.63. The second-order valence-corrected chi connectivity index (χ2v) is 3.67. The molecule has 0 spiro atoms. The van der Waals surface area contributed by atoms with E-state index in [0.717, 1.165) is 31.6 Å². The number of ether oxygens (including phenoxy) is 1. The number of nitrogens with one attached hydrogen (secondary N) is 1. The SMILES string of the molecule is CCNCC(C)(O)C1=COCCC1. The predicted octanol–water partition coefficient (Wildman–Crippen LogP) is 1.04. The van der Waals surface area contributed by atoms with Crippen LogP contribution in [-0.2, 0) is 4.74 Å². The monoisotopic (exact) mass is 185 g/mol. The summed E-state index contributed by atoms with van der Waals surface area (Å²) in [7, 11) is 0. The zero-order valence-corrected chi connectivity index (χ0v) is 8.47. The first-order valence-electron chi connectivity index (χ1n) is 4.91. The third kappa shape index (κ3) is 3.01. The topological polar surface area (TPSA) is 41.5 Å². The van der Waals surface area contributed by atoms with E-state index in [0.29, 0.717) is 6.54 Å². The molecule has 3 nitrogen and oxygen atoms in total. The highest BCUT2D eigenvalue weighted by Gasteiger charge is 2.26. The van der Waals surface area contributed by atoms with Crippen LogP contribution in [0.2, 0.25) is 0 Å². The van der Waals surface area contributed by atoms with Gasteiger partial charge in [-0.3, -0.25) is 0 Å². The van der Waals surface area contributed by atoms with E-state index in [-0.39, 0.29) is 0 Å². The van der Waals surface area contributed by atoms with Gasteiger partial charge >= 0.3 is 0 Å². The van der Waals surface area contributed by atoms with E-state index in [9.17, 15) is 5.11 Å². The van der Waals surface area contributed by atoms with Crippen LogP contribution in [0, 0.1) is 0 Å². The number of hydrogen-bond donors (Lipinski definition) is 2. The van der Waals surface area contributed by atoms with Gasteiger partial charge in [0.2, 0.25) is 0 Å². The highest BCUT2D eigenvalue weighted by atomic mass is 16.5. The fraction of sp³-hybridized carbons (Fsp3) is 0.800. The normalized spacial score (nSPS) is 21.6. The van der Waals surface area contributed by atoms with E-state index in [1.807, 2.05) is 13.8 Å². The summed E-state index contributed by atoms with van der Waals surface area (Å²) in [5, 5.41) is 13.2. The predicted molar refractivity (Wildman–Crippen MR) is 52.4 cm³/mol. The minimum Gasteiger partial charge on any atom is -0.501 e. The molecule has 76 valence electrons. The van der Waals surface area contributed by atoms with Crippen molar-refractivity contribution in [1.29, 1.82) is 0 Å². The summed E-state index contributed by atoms with van der Waals surface area (Å²) in [5.41, 5.74) is 0.246. The summed E-state index contributed by atoms with van der Waals surface area (Å²) >= 11 is 0. The van der Waals surface area contributed by atoms with Crippen LogP contribution in [0.1, 0.15) is 26.7 Å². The first kappa shape index (κ1) is 10.5. The van der Waals surface area contributed by atoms with Crippen molar-refractivity contribution in [1.82, 2.24) is 5.32 Å². The molecule has 2 N–H and O–H groups in total. The summed E-state index contributed by atoms with van der Waals surface area (Å²) in [5.74, 6) is 0. The van der Waals surface area contributed by atoms with Crippen LogP contribution in [0.3, 0.4) is 0 Å². The zero-order valence-electron chi connectivity index (χ0n) is 8.47. The molecule has 1 heterocycles. The van der Waals surface area contributed by atoms with Crippen molar-refractivity contribution < 1.29 is 9.84 Å². The van der Waals surface area contributed by atoms with Crippen molar-refractivity contribution in [2.75, 3.05) is 19.7 Å². The van der Waals surface area contributed by atoms with Crippen molar-refractivity contribution in [3.63, 3.8) is 0 Å². The molecule has 1 aliphatic heterocycles. The molecule has 1 atom stereocenters. The average molecular weight is 185 g/mol. The van der Waals surface area contributed by atoms with E-state index in [4.69, 9.17) is 4.74 Å². The first-order chi connectivity index (χ1) is 6.17. The Hall–Kier alpha value is -0.540. The molecule has 0 aliphatic carbocycles. The van der Waals surface area contributed by atoms with Crippen molar-refractivity contribution in [3.05, 3.63) is 11.8 Å². The van der Waals surface area contributed by atoms with Crippen LogP contribution in [0.5, 0.6) is 0 Å². The summed E-state index contributed by atoms with van der Waals surface area (Å²) in [6.07, 6.45) is 3.66. The third-order valence-corrected chi connectivity index (χ3v) is 2.34. The molecule has 0 amide bonds. The molecule has 0 saturated heterocycles. The van der Waals surface area contributed by atoms with Crippen molar-refractivity contribution >= 4 is 0 Å². The van der Waals surface area contributed by atoms with Gasteiger partial charge in [-0.25, -0.2) is 0 Å². The van der Waals surface area contributed by atoms with Crippen LogP contribution in [0.4, 0.5) is 0 Å². The molecule has 1 unspecified atom stereocenters. The molecule has 0 radical (unpaired) electrons. The van der Waals surface area contributed by atoms with E-state index in [1.165, 1.54) is 0 Å². The minimum atomic E-state index is -0.754. The van der Waals surface area contributed by atoms with Crippen LogP contribution in [0.15, 0.2) is 11.8 Å². The van der Waals surface area contributed by atoms with Gasteiger partial charge in [-0.15, -0.1) is 0 Å². The Kier molecular flexibility index (Phi) is 3.75. The van der Waals surface area contributed by atoms with Gasteiger partial charge in [-0.05, 0) is 31.9 Å². The van der Waals surface area contributed by atoms with E-state index in [2.05, 4.69) is 5.32 Å². The minimum absolute atomic E-state index is 0.596. The van der Waals surface area contributed by atoms with Gasteiger partial charge in [-0.1, -0.05) is 6.92 Å². The largest absolute Gasteiger partial charge is 0.501 e. The molecule has 3 heteroatoms. The highest BCUT2D eigenvalue weighted by Crippen LogP contribution is 2.23. The Morgan fingerprint density at radius 1 is 1.69 bits per heavy atom. The lowest BCUT2D eigenvalue weighted by molar-refractivity contribution is 0.0802. The van der Waals surface area contributed by atoms with E-state index >= 15 is 0 Å². The van der Waals surface area contributed by atoms with E-state index in [1.54, 1.807) is 6.26 Å². The van der Waals surface area contributed by atoms with Crippen molar-refractivity contribution in [2.24, 2.45) is 0 Å². The van der Waals surface area contributed by atoms with Crippen molar-refractivity contribution in [2.45, 2.75) is 32.3 Å². The lowest BCUT2D eigenvalue weighted by atomic mass is 9.92. The fourth-order valence-corrected chi connectivity index (χ4v) is 1.44. The van der Waals surface area contributed by atoms with Gasteiger partial charge in [0, 0.05) is 6.54 Å². The van der Waals surface area contributed by atoms with Crippen LogP contribution in [0.25, 0.3) is 0 Å². The number of aliphatic hydroxyl groups is 1. The number of hydrogen-bond acceptors (Lipinski definition) is 3. The molecule has 0 fully saturated rings. The average Bonchev–Trinajstić information content (AvgIpc) is 2.16. The van der Waals surface area contributed by atoms with Gasteiger partial charge in [0.15, 0.2) is 0 Å². The summed E-state index contributed by atoms with van der Waals surface area (Å²) in [6, 6.07) is 0. The van der Waals surface area contributed by atoms with Crippen LogP contribution >= 0.6 is 0 Å². The molecule has 0 aromatic carbocycles. The maximum atomic E-state index is 10.1. The Morgan fingerprint density at radius 3 is 3.00 bits per heavy atom. The molecule has 1 aliphatic rings. The molecule has 0 bridgehead atoms. The summed E-state index contributed by atoms with van der Waals surface area (Å²) in [4.78, 5) is 0. The van der Waals surface area contributed by atoms with Gasteiger partial charge < -0.3 is 15.2 Å². The molecule has 0 aromatic heterocycles. The molecular weight excluding hydrogens is 166 g/mol.